The molecule has 1 atom stereocenters. The molecule has 1 aliphatic heterocycles. The van der Waals surface area contributed by atoms with Gasteiger partial charge in [-0.2, -0.15) is 17.4 Å². The fourth-order valence-corrected chi connectivity index (χ4v) is 3.78. The van der Waals surface area contributed by atoms with E-state index in [0.717, 1.165) is 25.7 Å². The van der Waals surface area contributed by atoms with E-state index >= 15 is 0 Å². The van der Waals surface area contributed by atoms with Crippen LogP contribution in [0.25, 0.3) is 0 Å². The van der Waals surface area contributed by atoms with Gasteiger partial charge in [0.15, 0.2) is 0 Å². The molecule has 0 radical (unpaired) electrons. The first-order valence-corrected chi connectivity index (χ1v) is 8.66. The zero-order chi connectivity index (χ0) is 15.2. The lowest BCUT2D eigenvalue weighted by molar-refractivity contribution is -0.143. The maximum absolute atomic E-state index is 12.4. The third-order valence-corrected chi connectivity index (χ3v) is 5.02. The number of carbonyl (C=O) groups excluding carboxylic acids is 1. The Labute approximate surface area is 122 Å². The third kappa shape index (κ3) is 5.38. The first-order chi connectivity index (χ1) is 9.36. The predicted octanol–water partition coefficient (Wildman–Crippen LogP) is 1.28. The summed E-state index contributed by atoms with van der Waals surface area (Å²) in [5.74, 6) is -0.331. The highest BCUT2D eigenvalue weighted by molar-refractivity contribution is 7.87. The van der Waals surface area contributed by atoms with Gasteiger partial charge in [-0.3, -0.25) is 4.79 Å². The number of esters is 1. The molecule has 6 nitrogen and oxygen atoms in total. The van der Waals surface area contributed by atoms with Gasteiger partial charge in [0, 0.05) is 13.1 Å². The Hall–Kier alpha value is -0.660. The summed E-state index contributed by atoms with van der Waals surface area (Å²) < 4.78 is 33.3. The molecule has 1 fully saturated rings. The Balaban J connectivity index is 2.75. The molecular weight excluding hydrogens is 280 g/mol. The van der Waals surface area contributed by atoms with Crippen LogP contribution in [0, 0.1) is 5.92 Å². The van der Waals surface area contributed by atoms with Crippen molar-refractivity contribution in [3.8, 4) is 0 Å². The number of methoxy groups -OCH3 is 1. The Bertz CT molecular complexity index is 401. The lowest BCUT2D eigenvalue weighted by atomic mass is 10.1. The summed E-state index contributed by atoms with van der Waals surface area (Å²) in [6.07, 6.45) is 4.28. The van der Waals surface area contributed by atoms with Gasteiger partial charge >= 0.3 is 5.97 Å². The first-order valence-electron chi connectivity index (χ1n) is 7.22. The van der Waals surface area contributed by atoms with Crippen LogP contribution in [-0.4, -0.2) is 44.9 Å². The molecular formula is C13H26N2O4S. The van der Waals surface area contributed by atoms with E-state index in [9.17, 15) is 13.2 Å². The van der Waals surface area contributed by atoms with E-state index in [1.807, 2.05) is 13.8 Å². The maximum Gasteiger partial charge on any atom is 0.323 e. The minimum Gasteiger partial charge on any atom is -0.468 e. The van der Waals surface area contributed by atoms with Crippen LogP contribution in [0.2, 0.25) is 0 Å². The van der Waals surface area contributed by atoms with E-state index in [2.05, 4.69) is 9.46 Å². The van der Waals surface area contributed by atoms with E-state index < -0.39 is 22.2 Å². The van der Waals surface area contributed by atoms with Crippen molar-refractivity contribution in [2.24, 2.45) is 5.92 Å². The SMILES string of the molecule is COC(=O)C(CC(C)C)NS(=O)(=O)N1CCCCCC1. The number of nitrogens with one attached hydrogen (secondary N) is 1. The zero-order valence-corrected chi connectivity index (χ0v) is 13.4. The Morgan fingerprint density at radius 1 is 1.20 bits per heavy atom. The van der Waals surface area contributed by atoms with Crippen molar-refractivity contribution in [2.45, 2.75) is 52.0 Å². The minimum absolute atomic E-state index is 0.200. The summed E-state index contributed by atoms with van der Waals surface area (Å²) in [5.41, 5.74) is 0. The maximum atomic E-state index is 12.4. The topological polar surface area (TPSA) is 75.7 Å². The number of rotatable bonds is 6. The summed E-state index contributed by atoms with van der Waals surface area (Å²) >= 11 is 0. The van der Waals surface area contributed by atoms with E-state index in [0.29, 0.717) is 19.5 Å². The van der Waals surface area contributed by atoms with Crippen molar-refractivity contribution in [3.63, 3.8) is 0 Å². The van der Waals surface area contributed by atoms with Crippen molar-refractivity contribution in [1.29, 1.82) is 0 Å². The lowest BCUT2D eigenvalue weighted by Gasteiger charge is -2.24. The van der Waals surface area contributed by atoms with Gasteiger partial charge in [-0.25, -0.2) is 0 Å². The van der Waals surface area contributed by atoms with Gasteiger partial charge in [-0.15, -0.1) is 0 Å². The smallest absolute Gasteiger partial charge is 0.323 e. The number of nitrogens with zero attached hydrogens (tertiary/aromatic N) is 1. The van der Waals surface area contributed by atoms with Crippen molar-refractivity contribution in [3.05, 3.63) is 0 Å². The second kappa shape index (κ2) is 7.95. The molecule has 1 N–H and O–H groups in total. The second-order valence-electron chi connectivity index (χ2n) is 5.64. The van der Waals surface area contributed by atoms with Crippen molar-refractivity contribution in [2.75, 3.05) is 20.2 Å². The molecule has 1 aliphatic rings. The number of hydrogen-bond donors (Lipinski definition) is 1. The van der Waals surface area contributed by atoms with Crippen molar-refractivity contribution in [1.82, 2.24) is 9.03 Å². The molecule has 0 saturated carbocycles. The molecule has 0 aromatic rings. The van der Waals surface area contributed by atoms with Gasteiger partial charge < -0.3 is 4.74 Å². The number of hydrogen-bond acceptors (Lipinski definition) is 4. The third-order valence-electron chi connectivity index (χ3n) is 3.39. The number of carbonyl (C=O) groups is 1. The minimum atomic E-state index is -3.62. The lowest BCUT2D eigenvalue weighted by Crippen LogP contribution is -2.49. The Morgan fingerprint density at radius 2 is 1.75 bits per heavy atom. The monoisotopic (exact) mass is 306 g/mol. The molecule has 1 rings (SSSR count). The molecule has 0 amide bonds. The van der Waals surface area contributed by atoms with Crippen LogP contribution in [0.3, 0.4) is 0 Å². The molecule has 0 aliphatic carbocycles. The van der Waals surface area contributed by atoms with Gasteiger partial charge in [0.05, 0.1) is 7.11 Å². The molecule has 1 unspecified atom stereocenters. The molecule has 0 aromatic carbocycles. The molecule has 20 heavy (non-hydrogen) atoms. The average molecular weight is 306 g/mol. The summed E-state index contributed by atoms with van der Waals surface area (Å²) in [6, 6.07) is -0.812. The van der Waals surface area contributed by atoms with E-state index in [4.69, 9.17) is 0 Å². The Kier molecular flexibility index (Phi) is 6.91. The van der Waals surface area contributed by atoms with E-state index in [1.165, 1.54) is 11.4 Å². The fourth-order valence-electron chi connectivity index (χ4n) is 2.34. The van der Waals surface area contributed by atoms with Gasteiger partial charge in [0.25, 0.3) is 10.2 Å². The summed E-state index contributed by atoms with van der Waals surface area (Å²) in [6.45, 7) is 4.92. The van der Waals surface area contributed by atoms with Crippen LogP contribution in [0.5, 0.6) is 0 Å². The van der Waals surface area contributed by atoms with Crippen LogP contribution in [0.15, 0.2) is 0 Å². The highest BCUT2D eigenvalue weighted by atomic mass is 32.2. The van der Waals surface area contributed by atoms with Crippen LogP contribution in [0.4, 0.5) is 0 Å². The molecule has 0 spiro atoms. The highest BCUT2D eigenvalue weighted by Gasteiger charge is 2.30. The van der Waals surface area contributed by atoms with Crippen molar-refractivity contribution >= 4 is 16.2 Å². The summed E-state index contributed by atoms with van der Waals surface area (Å²) in [4.78, 5) is 11.7. The zero-order valence-electron chi connectivity index (χ0n) is 12.6. The quantitative estimate of drug-likeness (QED) is 0.750. The average Bonchev–Trinajstić information content (AvgIpc) is 2.65. The molecule has 1 saturated heterocycles. The van der Waals surface area contributed by atoms with E-state index in [1.54, 1.807) is 0 Å². The second-order valence-corrected chi connectivity index (χ2v) is 7.34. The molecule has 7 heteroatoms. The molecule has 1 heterocycles. The van der Waals surface area contributed by atoms with Crippen LogP contribution >= 0.6 is 0 Å². The van der Waals surface area contributed by atoms with Crippen LogP contribution in [-0.2, 0) is 19.7 Å². The Morgan fingerprint density at radius 3 is 2.20 bits per heavy atom. The van der Waals surface area contributed by atoms with Gasteiger partial charge in [-0.1, -0.05) is 26.7 Å². The van der Waals surface area contributed by atoms with Crippen molar-refractivity contribution < 1.29 is 17.9 Å². The predicted molar refractivity (Wildman–Crippen MR) is 77.4 cm³/mol. The standard InChI is InChI=1S/C13H26N2O4S/c1-11(2)10-12(13(16)19-3)14-20(17,18)15-8-6-4-5-7-9-15/h11-12,14H,4-10H2,1-3H3. The summed E-state index contributed by atoms with van der Waals surface area (Å²) in [5, 5.41) is 0. The highest BCUT2D eigenvalue weighted by Crippen LogP contribution is 2.14. The largest absolute Gasteiger partial charge is 0.468 e. The molecule has 118 valence electrons. The molecule has 0 aromatic heterocycles. The van der Waals surface area contributed by atoms with Crippen LogP contribution < -0.4 is 4.72 Å². The van der Waals surface area contributed by atoms with Gasteiger partial charge in [-0.05, 0) is 25.2 Å². The fraction of sp³-hybridized carbons (Fsp3) is 0.923. The van der Waals surface area contributed by atoms with Crippen LogP contribution in [0.1, 0.15) is 46.0 Å². The molecule has 0 bridgehead atoms. The summed E-state index contributed by atoms with van der Waals surface area (Å²) in [7, 11) is -2.35. The number of ether oxygens (including phenoxy) is 1. The first kappa shape index (κ1) is 17.4. The van der Waals surface area contributed by atoms with Gasteiger partial charge in [0.2, 0.25) is 0 Å². The van der Waals surface area contributed by atoms with Gasteiger partial charge in [0.1, 0.15) is 6.04 Å². The normalized spacial score (nSPS) is 19.6. The van der Waals surface area contributed by atoms with E-state index in [-0.39, 0.29) is 5.92 Å².